The summed E-state index contributed by atoms with van der Waals surface area (Å²) in [5, 5.41) is 0. The Balaban J connectivity index is 4.45. The number of unbranched alkanes of at least 4 members (excludes halogenated alkanes) is 27. The largest absolute Gasteiger partial charge is 0.462 e. The quantitative estimate of drug-likeness (QED) is 0.0261. The molecule has 0 aromatic carbocycles. The molecule has 0 saturated heterocycles. The Morgan fingerprint density at radius 1 is 0.269 bits per heavy atom. The normalized spacial score (nSPS) is 12.9. The van der Waals surface area contributed by atoms with Gasteiger partial charge in [0.25, 0.3) is 0 Å². The lowest BCUT2D eigenvalue weighted by atomic mass is 10.0. The van der Waals surface area contributed by atoms with E-state index in [-0.39, 0.29) is 31.1 Å². The van der Waals surface area contributed by atoms with Crippen LogP contribution in [0.15, 0.2) is 122 Å². The highest BCUT2D eigenvalue weighted by molar-refractivity contribution is 5.71. The Morgan fingerprint density at radius 3 is 0.833 bits per heavy atom. The van der Waals surface area contributed by atoms with Crippen molar-refractivity contribution in [2.24, 2.45) is 0 Å². The van der Waals surface area contributed by atoms with E-state index < -0.39 is 6.10 Å². The van der Waals surface area contributed by atoms with Gasteiger partial charge in [-0.15, -0.1) is 0 Å². The topological polar surface area (TPSA) is 78.9 Å². The van der Waals surface area contributed by atoms with Crippen molar-refractivity contribution in [3.8, 4) is 0 Å². The van der Waals surface area contributed by atoms with E-state index >= 15 is 0 Å². The van der Waals surface area contributed by atoms with E-state index in [4.69, 9.17) is 14.2 Å². The van der Waals surface area contributed by atoms with E-state index in [2.05, 4.69) is 142 Å². The van der Waals surface area contributed by atoms with Gasteiger partial charge in [0.15, 0.2) is 6.10 Å². The Labute approximate surface area is 482 Å². The van der Waals surface area contributed by atoms with E-state index in [1.807, 2.05) is 0 Å². The molecular formula is C72H120O6. The number of carbonyl (C=O) groups excluding carboxylic acids is 3. The number of carbonyl (C=O) groups is 3. The minimum Gasteiger partial charge on any atom is -0.462 e. The lowest BCUT2D eigenvalue weighted by Crippen LogP contribution is -2.30. The van der Waals surface area contributed by atoms with E-state index in [0.717, 1.165) is 116 Å². The van der Waals surface area contributed by atoms with Crippen molar-refractivity contribution in [2.75, 3.05) is 13.2 Å². The predicted molar refractivity (Wildman–Crippen MR) is 339 cm³/mol. The molecule has 6 nitrogen and oxygen atoms in total. The Hall–Kier alpha value is -4.19. The van der Waals surface area contributed by atoms with Crippen molar-refractivity contribution >= 4 is 17.9 Å². The molecule has 0 bridgehead atoms. The number of rotatable bonds is 58. The van der Waals surface area contributed by atoms with Crippen molar-refractivity contribution < 1.29 is 28.6 Å². The fraction of sp³-hybridized carbons (Fsp3) is 0.681. The van der Waals surface area contributed by atoms with Gasteiger partial charge in [-0.05, 0) is 116 Å². The maximum absolute atomic E-state index is 12.9. The molecule has 0 fully saturated rings. The standard InChI is InChI=1S/C72H120O6/c1-4-7-10-13-16-19-22-25-28-31-32-33-34-35-36-37-38-39-40-42-44-47-50-53-56-59-62-65-71(74)77-68-69(67-76-70(73)64-61-58-55-52-49-46-43-30-27-24-21-18-15-12-9-6-3)78-72(75)66-63-60-57-54-51-48-45-41-29-26-23-20-17-14-11-8-5-2/h7,10,16-17,19-20,25-26,28-29,32-33,35-36,38-39,42,44,50,53,69H,4-6,8-9,11-15,18,21-24,27,30-31,34,37,40-41,43,45-49,51-52,54-68H2,1-3H3/b10-7-,19-16-,20-17-,28-25-,29-26-,33-32-,36-35-,39-38-,44-42-,53-50-. The lowest BCUT2D eigenvalue weighted by molar-refractivity contribution is -0.167. The molecule has 444 valence electrons. The lowest BCUT2D eigenvalue weighted by Gasteiger charge is -2.18. The summed E-state index contributed by atoms with van der Waals surface area (Å²) in [6.45, 7) is 6.48. The molecule has 0 heterocycles. The number of allylic oxidation sites excluding steroid dienone is 20. The highest BCUT2D eigenvalue weighted by Crippen LogP contribution is 2.16. The van der Waals surface area contributed by atoms with E-state index in [1.165, 1.54) is 135 Å². The summed E-state index contributed by atoms with van der Waals surface area (Å²) >= 11 is 0. The van der Waals surface area contributed by atoms with Crippen LogP contribution in [0.5, 0.6) is 0 Å². The van der Waals surface area contributed by atoms with Gasteiger partial charge in [0.2, 0.25) is 0 Å². The predicted octanol–water partition coefficient (Wildman–Crippen LogP) is 22.4. The van der Waals surface area contributed by atoms with Crippen LogP contribution in [0.3, 0.4) is 0 Å². The number of hydrogen-bond donors (Lipinski definition) is 0. The smallest absolute Gasteiger partial charge is 0.306 e. The molecule has 0 radical (unpaired) electrons. The number of hydrogen-bond acceptors (Lipinski definition) is 6. The first-order chi connectivity index (χ1) is 38.5. The Morgan fingerprint density at radius 2 is 0.500 bits per heavy atom. The van der Waals surface area contributed by atoms with Crippen LogP contribution < -0.4 is 0 Å². The third kappa shape index (κ3) is 62.7. The van der Waals surface area contributed by atoms with Crippen LogP contribution in [0.1, 0.15) is 297 Å². The van der Waals surface area contributed by atoms with E-state index in [0.29, 0.717) is 25.7 Å². The highest BCUT2D eigenvalue weighted by atomic mass is 16.6. The Kier molecular flexibility index (Phi) is 61.8. The molecule has 0 aliphatic carbocycles. The van der Waals surface area contributed by atoms with Gasteiger partial charge < -0.3 is 14.2 Å². The first-order valence-electron chi connectivity index (χ1n) is 32.5. The molecule has 0 aliphatic heterocycles. The molecule has 1 atom stereocenters. The average molecular weight is 1080 g/mol. The first kappa shape index (κ1) is 73.8. The van der Waals surface area contributed by atoms with E-state index in [9.17, 15) is 14.4 Å². The van der Waals surface area contributed by atoms with Crippen LogP contribution >= 0.6 is 0 Å². The maximum atomic E-state index is 12.9. The molecule has 6 heteroatoms. The van der Waals surface area contributed by atoms with Gasteiger partial charge in [-0.25, -0.2) is 0 Å². The van der Waals surface area contributed by atoms with Crippen LogP contribution in [0.4, 0.5) is 0 Å². The van der Waals surface area contributed by atoms with Crippen LogP contribution in [0, 0.1) is 0 Å². The molecule has 0 amide bonds. The summed E-state index contributed by atoms with van der Waals surface area (Å²) in [6.07, 6.45) is 90.6. The molecule has 0 spiro atoms. The second kappa shape index (κ2) is 65.3. The second-order valence-corrected chi connectivity index (χ2v) is 21.3. The molecule has 0 aromatic rings. The van der Waals surface area contributed by atoms with Crippen LogP contribution in [0.25, 0.3) is 0 Å². The van der Waals surface area contributed by atoms with Crippen molar-refractivity contribution in [1.29, 1.82) is 0 Å². The molecule has 0 saturated carbocycles. The van der Waals surface area contributed by atoms with Crippen molar-refractivity contribution in [2.45, 2.75) is 303 Å². The minimum absolute atomic E-state index is 0.0950. The van der Waals surface area contributed by atoms with Crippen LogP contribution in [-0.4, -0.2) is 37.2 Å². The summed E-state index contributed by atoms with van der Waals surface area (Å²) in [5.41, 5.74) is 0. The number of esters is 3. The third-order valence-corrected chi connectivity index (χ3v) is 13.7. The summed E-state index contributed by atoms with van der Waals surface area (Å²) in [6, 6.07) is 0. The zero-order chi connectivity index (χ0) is 56.4. The zero-order valence-corrected chi connectivity index (χ0v) is 50.9. The summed E-state index contributed by atoms with van der Waals surface area (Å²) in [7, 11) is 0. The SMILES string of the molecule is CC/C=C\C/C=C\C/C=C\C/C=C\C/C=C\C/C=C\C/C=C\C/C=C\CCCCC(=O)OCC(COC(=O)CCCCCCCCCCCCCCCCCC)OC(=O)CCCCCCCCC/C=C\C/C=C\CCCCC. The third-order valence-electron chi connectivity index (χ3n) is 13.7. The molecule has 78 heavy (non-hydrogen) atoms. The average Bonchev–Trinajstić information content (AvgIpc) is 3.44. The van der Waals surface area contributed by atoms with Gasteiger partial charge in [0.05, 0.1) is 0 Å². The van der Waals surface area contributed by atoms with Crippen molar-refractivity contribution in [3.05, 3.63) is 122 Å². The fourth-order valence-corrected chi connectivity index (χ4v) is 8.84. The van der Waals surface area contributed by atoms with E-state index in [1.54, 1.807) is 0 Å². The summed E-state index contributed by atoms with van der Waals surface area (Å²) < 4.78 is 16.9. The monoisotopic (exact) mass is 1080 g/mol. The summed E-state index contributed by atoms with van der Waals surface area (Å²) in [4.78, 5) is 38.3. The highest BCUT2D eigenvalue weighted by Gasteiger charge is 2.19. The van der Waals surface area contributed by atoms with Gasteiger partial charge in [-0.2, -0.15) is 0 Å². The van der Waals surface area contributed by atoms with Gasteiger partial charge in [0, 0.05) is 19.3 Å². The molecule has 0 rings (SSSR count). The molecule has 0 N–H and O–H groups in total. The molecular weight excluding hydrogens is 961 g/mol. The van der Waals surface area contributed by atoms with Gasteiger partial charge in [0.1, 0.15) is 13.2 Å². The van der Waals surface area contributed by atoms with Crippen molar-refractivity contribution in [1.82, 2.24) is 0 Å². The van der Waals surface area contributed by atoms with Crippen molar-refractivity contribution in [3.63, 3.8) is 0 Å². The number of ether oxygens (including phenoxy) is 3. The summed E-state index contributed by atoms with van der Waals surface area (Å²) in [5.74, 6) is -0.941. The minimum atomic E-state index is -0.803. The molecule has 0 aliphatic rings. The second-order valence-electron chi connectivity index (χ2n) is 21.3. The van der Waals surface area contributed by atoms with Crippen LogP contribution in [0.2, 0.25) is 0 Å². The van der Waals surface area contributed by atoms with Gasteiger partial charge >= 0.3 is 17.9 Å². The zero-order valence-electron chi connectivity index (χ0n) is 50.9. The maximum Gasteiger partial charge on any atom is 0.306 e. The van der Waals surface area contributed by atoms with Crippen LogP contribution in [-0.2, 0) is 28.6 Å². The Bertz CT molecular complexity index is 1620. The molecule has 1 unspecified atom stereocenters. The fourth-order valence-electron chi connectivity index (χ4n) is 8.84. The van der Waals surface area contributed by atoms with Gasteiger partial charge in [-0.3, -0.25) is 14.4 Å². The first-order valence-corrected chi connectivity index (χ1v) is 32.5. The molecule has 0 aromatic heterocycles. The van der Waals surface area contributed by atoms with Gasteiger partial charge in [-0.1, -0.05) is 284 Å².